The molecule has 1 heterocycles. The smallest absolute Gasteiger partial charge is 0.360 e. The number of carbonyl (C=O) groups excluding carboxylic acids is 1. The van der Waals surface area contributed by atoms with Crippen molar-refractivity contribution in [2.45, 2.75) is 32.7 Å². The van der Waals surface area contributed by atoms with E-state index in [1.54, 1.807) is 24.9 Å². The first kappa shape index (κ1) is 14.5. The minimum atomic E-state index is -0.485. The maximum absolute atomic E-state index is 11.6. The third-order valence-electron chi connectivity index (χ3n) is 2.68. The number of nitrogens with two attached hydrogens (primary N) is 1. The van der Waals surface area contributed by atoms with E-state index in [2.05, 4.69) is 11.9 Å². The number of nitrogen functional groups attached to an aromatic ring is 1. The molecule has 0 bridgehead atoms. The lowest BCUT2D eigenvalue weighted by Crippen LogP contribution is -2.17. The monoisotopic (exact) mass is 255 g/mol. The fourth-order valence-electron chi connectivity index (χ4n) is 1.85. The number of hydrogen-bond donors (Lipinski definition) is 1. The van der Waals surface area contributed by atoms with Gasteiger partial charge in [-0.25, -0.2) is 9.78 Å². The van der Waals surface area contributed by atoms with Gasteiger partial charge in [-0.15, -0.1) is 0 Å². The second kappa shape index (κ2) is 7.00. The second-order valence-corrected chi connectivity index (χ2v) is 4.00. The molecule has 1 unspecified atom stereocenters. The largest absolute Gasteiger partial charge is 0.461 e. The molecule has 1 rings (SSSR count). The number of carbonyl (C=O) groups is 1. The van der Waals surface area contributed by atoms with Crippen molar-refractivity contribution in [2.24, 2.45) is 0 Å². The van der Waals surface area contributed by atoms with E-state index in [1.165, 1.54) is 0 Å². The molecule has 0 aromatic carbocycles. The van der Waals surface area contributed by atoms with Gasteiger partial charge in [-0.1, -0.05) is 13.3 Å². The molecule has 1 aromatic heterocycles. The summed E-state index contributed by atoms with van der Waals surface area (Å²) in [5, 5.41) is 0. The predicted molar refractivity (Wildman–Crippen MR) is 68.4 cm³/mol. The predicted octanol–water partition coefficient (Wildman–Crippen LogP) is 1.63. The number of hydrogen-bond acceptors (Lipinski definition) is 5. The Hall–Kier alpha value is -1.56. The van der Waals surface area contributed by atoms with Crippen LogP contribution in [0.3, 0.4) is 0 Å². The van der Waals surface area contributed by atoms with Gasteiger partial charge in [-0.3, -0.25) is 0 Å². The molecular formula is C12H21N3O3. The Kier molecular flexibility index (Phi) is 5.64. The van der Waals surface area contributed by atoms with Crippen LogP contribution in [0, 0.1) is 0 Å². The average Bonchev–Trinajstić information content (AvgIpc) is 2.71. The molecule has 0 aliphatic heterocycles. The number of aromatic nitrogens is 2. The van der Waals surface area contributed by atoms with Crippen molar-refractivity contribution in [3.05, 3.63) is 12.0 Å². The first-order valence-electron chi connectivity index (χ1n) is 6.14. The minimum absolute atomic E-state index is 0.0932. The Bertz CT molecular complexity index is 384. The molecule has 2 N–H and O–H groups in total. The van der Waals surface area contributed by atoms with Gasteiger partial charge in [0.2, 0.25) is 0 Å². The van der Waals surface area contributed by atoms with Gasteiger partial charge in [0.25, 0.3) is 0 Å². The van der Waals surface area contributed by atoms with E-state index in [4.69, 9.17) is 15.2 Å². The molecule has 0 radical (unpaired) electrons. The molecule has 0 aliphatic rings. The van der Waals surface area contributed by atoms with Crippen LogP contribution >= 0.6 is 0 Å². The number of imidazole rings is 1. The van der Waals surface area contributed by atoms with E-state index in [0.717, 1.165) is 12.8 Å². The van der Waals surface area contributed by atoms with Crippen LogP contribution in [0.1, 0.15) is 43.2 Å². The van der Waals surface area contributed by atoms with Gasteiger partial charge in [-0.05, 0) is 13.3 Å². The molecule has 0 amide bonds. The number of anilines is 1. The van der Waals surface area contributed by atoms with E-state index in [-0.39, 0.29) is 11.7 Å². The number of nitrogens with zero attached hydrogens (tertiary/aromatic N) is 2. The summed E-state index contributed by atoms with van der Waals surface area (Å²) in [6.07, 6.45) is 3.48. The molecule has 0 saturated carbocycles. The highest BCUT2D eigenvalue weighted by Gasteiger charge is 2.20. The van der Waals surface area contributed by atoms with Gasteiger partial charge >= 0.3 is 5.97 Å². The molecule has 0 fully saturated rings. The van der Waals surface area contributed by atoms with Gasteiger partial charge in [0, 0.05) is 7.11 Å². The van der Waals surface area contributed by atoms with Gasteiger partial charge in [0.1, 0.15) is 5.82 Å². The van der Waals surface area contributed by atoms with E-state index in [9.17, 15) is 4.79 Å². The van der Waals surface area contributed by atoms with E-state index in [1.807, 2.05) is 0 Å². The average molecular weight is 255 g/mol. The highest BCUT2D eigenvalue weighted by Crippen LogP contribution is 2.21. The van der Waals surface area contributed by atoms with Crippen LogP contribution in [0.15, 0.2) is 6.33 Å². The van der Waals surface area contributed by atoms with Crippen molar-refractivity contribution >= 4 is 11.8 Å². The Morgan fingerprint density at radius 2 is 2.28 bits per heavy atom. The molecule has 1 aromatic rings. The van der Waals surface area contributed by atoms with Crippen LogP contribution in [-0.2, 0) is 9.47 Å². The first-order valence-corrected chi connectivity index (χ1v) is 6.14. The van der Waals surface area contributed by atoms with Crippen LogP contribution < -0.4 is 5.73 Å². The maximum Gasteiger partial charge on any atom is 0.360 e. The van der Waals surface area contributed by atoms with Crippen LogP contribution in [0.25, 0.3) is 0 Å². The number of ether oxygens (including phenoxy) is 2. The summed E-state index contributed by atoms with van der Waals surface area (Å²) >= 11 is 0. The topological polar surface area (TPSA) is 79.4 Å². The molecule has 0 aliphatic carbocycles. The fraction of sp³-hybridized carbons (Fsp3) is 0.667. The molecule has 1 atom stereocenters. The van der Waals surface area contributed by atoms with Crippen LogP contribution in [0.5, 0.6) is 0 Å². The highest BCUT2D eigenvalue weighted by atomic mass is 16.5. The SMILES string of the molecule is CCCC(COC)n1cnc(C(=O)OCC)c1N. The fourth-order valence-corrected chi connectivity index (χ4v) is 1.85. The van der Waals surface area contributed by atoms with Gasteiger partial charge < -0.3 is 19.8 Å². The molecule has 102 valence electrons. The zero-order valence-electron chi connectivity index (χ0n) is 11.2. The summed E-state index contributed by atoms with van der Waals surface area (Å²) in [7, 11) is 1.64. The summed E-state index contributed by atoms with van der Waals surface area (Å²) in [5.74, 6) is -0.148. The Morgan fingerprint density at radius 3 is 2.83 bits per heavy atom. The highest BCUT2D eigenvalue weighted by molar-refractivity contribution is 5.92. The summed E-state index contributed by atoms with van der Waals surface area (Å²) in [6, 6.07) is 0.0932. The van der Waals surface area contributed by atoms with Crippen LogP contribution in [-0.4, -0.2) is 35.8 Å². The van der Waals surface area contributed by atoms with Crippen molar-refractivity contribution in [2.75, 3.05) is 26.1 Å². The van der Waals surface area contributed by atoms with E-state index < -0.39 is 5.97 Å². The Morgan fingerprint density at radius 1 is 1.56 bits per heavy atom. The van der Waals surface area contributed by atoms with Gasteiger partial charge in [0.15, 0.2) is 5.69 Å². The Labute approximate surface area is 107 Å². The maximum atomic E-state index is 11.6. The lowest BCUT2D eigenvalue weighted by molar-refractivity contribution is 0.0521. The molecule has 6 nitrogen and oxygen atoms in total. The van der Waals surface area contributed by atoms with Crippen molar-refractivity contribution in [1.29, 1.82) is 0 Å². The summed E-state index contributed by atoms with van der Waals surface area (Å²) in [6.45, 7) is 4.68. The zero-order valence-corrected chi connectivity index (χ0v) is 11.2. The second-order valence-electron chi connectivity index (χ2n) is 4.00. The van der Waals surface area contributed by atoms with Crippen molar-refractivity contribution in [3.63, 3.8) is 0 Å². The number of rotatable bonds is 7. The quantitative estimate of drug-likeness (QED) is 0.749. The Balaban J connectivity index is 2.92. The summed E-state index contributed by atoms with van der Waals surface area (Å²) in [4.78, 5) is 15.6. The third kappa shape index (κ3) is 3.22. The molecular weight excluding hydrogens is 234 g/mol. The summed E-state index contributed by atoms with van der Waals surface area (Å²) < 4.78 is 11.8. The van der Waals surface area contributed by atoms with E-state index >= 15 is 0 Å². The molecule has 6 heteroatoms. The molecule has 0 spiro atoms. The molecule has 18 heavy (non-hydrogen) atoms. The van der Waals surface area contributed by atoms with E-state index in [0.29, 0.717) is 19.0 Å². The minimum Gasteiger partial charge on any atom is -0.461 e. The van der Waals surface area contributed by atoms with Gasteiger partial charge in [-0.2, -0.15) is 0 Å². The normalized spacial score (nSPS) is 12.4. The third-order valence-corrected chi connectivity index (χ3v) is 2.68. The molecule has 0 saturated heterocycles. The number of esters is 1. The van der Waals surface area contributed by atoms with Crippen LogP contribution in [0.2, 0.25) is 0 Å². The number of methoxy groups -OCH3 is 1. The van der Waals surface area contributed by atoms with Crippen molar-refractivity contribution in [3.8, 4) is 0 Å². The zero-order chi connectivity index (χ0) is 13.5. The van der Waals surface area contributed by atoms with Crippen LogP contribution in [0.4, 0.5) is 5.82 Å². The van der Waals surface area contributed by atoms with Crippen molar-refractivity contribution in [1.82, 2.24) is 9.55 Å². The van der Waals surface area contributed by atoms with Crippen molar-refractivity contribution < 1.29 is 14.3 Å². The standard InChI is InChI=1S/C12H21N3O3/c1-4-6-9(7-17-3)15-8-14-10(11(15)13)12(16)18-5-2/h8-9H,4-7,13H2,1-3H3. The summed E-state index contributed by atoms with van der Waals surface area (Å²) in [5.41, 5.74) is 6.12. The first-order chi connectivity index (χ1) is 8.65. The van der Waals surface area contributed by atoms with Gasteiger partial charge in [0.05, 0.1) is 25.6 Å². The lowest BCUT2D eigenvalue weighted by atomic mass is 10.2. The lowest BCUT2D eigenvalue weighted by Gasteiger charge is -2.18.